The van der Waals surface area contributed by atoms with Gasteiger partial charge in [-0.05, 0) is 25.5 Å². The largest absolute Gasteiger partial charge is 0.378 e. The summed E-state index contributed by atoms with van der Waals surface area (Å²) in [6.45, 7) is 7.63. The summed E-state index contributed by atoms with van der Waals surface area (Å²) in [5.74, 6) is 0. The number of hydrogen-bond acceptors (Lipinski definition) is 1. The van der Waals surface area contributed by atoms with Gasteiger partial charge in [0.1, 0.15) is 6.54 Å². The molecule has 2 N–H and O–H groups in total. The zero-order chi connectivity index (χ0) is 15.2. The zero-order valence-corrected chi connectivity index (χ0v) is 13.3. The third-order valence-electron chi connectivity index (χ3n) is 7.10. The Labute approximate surface area is 130 Å². The fraction of sp³-hybridized carbons (Fsp3) is 0.474. The highest BCUT2D eigenvalue weighted by atomic mass is 16.3. The molecule has 5 rings (SSSR count). The maximum Gasteiger partial charge on any atom is 0.171 e. The lowest BCUT2D eigenvalue weighted by molar-refractivity contribution is -0.962. The number of piperidine rings is 1. The monoisotopic (exact) mass is 295 g/mol. The topological polar surface area (TPSA) is 36.0 Å². The van der Waals surface area contributed by atoms with E-state index in [0.717, 1.165) is 37.0 Å². The lowest BCUT2D eigenvalue weighted by Gasteiger charge is -2.47. The van der Waals surface area contributed by atoms with Crippen LogP contribution in [-0.2, 0) is 12.0 Å². The summed E-state index contributed by atoms with van der Waals surface area (Å²) in [5, 5.41) is 13.0. The molecule has 114 valence electrons. The summed E-state index contributed by atoms with van der Waals surface area (Å²) in [4.78, 5) is 3.69. The lowest BCUT2D eigenvalue weighted by Crippen LogP contribution is -2.61. The predicted molar refractivity (Wildman–Crippen MR) is 87.5 cm³/mol. The Morgan fingerprint density at radius 3 is 2.91 bits per heavy atom. The highest BCUT2D eigenvalue weighted by molar-refractivity contribution is 5.85. The average molecular weight is 295 g/mol. The molecule has 3 aliphatic heterocycles. The van der Waals surface area contributed by atoms with E-state index in [1.807, 2.05) is 0 Å². The smallest absolute Gasteiger partial charge is 0.171 e. The number of allylic oxidation sites excluding steroid dienone is 1. The molecule has 1 aromatic heterocycles. The molecule has 0 spiro atoms. The molecule has 2 saturated heterocycles. The number of hydrogen-bond donors (Lipinski definition) is 2. The summed E-state index contributed by atoms with van der Waals surface area (Å²) >= 11 is 0. The first-order valence-electron chi connectivity index (χ1n) is 8.40. The van der Waals surface area contributed by atoms with E-state index >= 15 is 0 Å². The minimum Gasteiger partial charge on any atom is -0.378 e. The summed E-state index contributed by atoms with van der Waals surface area (Å²) < 4.78 is 1.03. The van der Waals surface area contributed by atoms with Crippen molar-refractivity contribution < 1.29 is 9.59 Å². The van der Waals surface area contributed by atoms with E-state index in [-0.39, 0.29) is 5.54 Å². The van der Waals surface area contributed by atoms with E-state index in [1.165, 1.54) is 27.7 Å². The van der Waals surface area contributed by atoms with Crippen molar-refractivity contribution in [2.24, 2.45) is 0 Å². The lowest BCUT2D eigenvalue weighted by atomic mass is 9.74. The summed E-state index contributed by atoms with van der Waals surface area (Å²) in [6, 6.07) is 8.59. The maximum atomic E-state index is 11.6. The fourth-order valence-corrected chi connectivity index (χ4v) is 5.79. The van der Waals surface area contributed by atoms with Crippen LogP contribution in [0.3, 0.4) is 0 Å². The van der Waals surface area contributed by atoms with Gasteiger partial charge in [-0.2, -0.15) is 0 Å². The Balaban J connectivity index is 1.86. The number of rotatable bonds is 0. The van der Waals surface area contributed by atoms with Crippen LogP contribution in [-0.4, -0.2) is 39.8 Å². The Hall–Kier alpha value is -1.58. The van der Waals surface area contributed by atoms with Gasteiger partial charge < -0.3 is 14.6 Å². The van der Waals surface area contributed by atoms with Crippen molar-refractivity contribution in [1.29, 1.82) is 0 Å². The quantitative estimate of drug-likeness (QED) is 0.569. The molecule has 2 bridgehead atoms. The van der Waals surface area contributed by atoms with Gasteiger partial charge >= 0.3 is 0 Å². The minimum absolute atomic E-state index is 0.221. The highest BCUT2D eigenvalue weighted by Gasteiger charge is 2.75. The number of H-pyrrole nitrogens is 1. The van der Waals surface area contributed by atoms with Gasteiger partial charge in [0.2, 0.25) is 0 Å². The molecule has 3 atom stereocenters. The molecule has 0 radical (unpaired) electrons. The number of aromatic nitrogens is 1. The molecule has 3 aliphatic rings. The number of aromatic amines is 1. The first kappa shape index (κ1) is 12.9. The SMILES string of the molecule is C/C=C1/C[N+]23CCc4c([nH]c5ccccc45)[C@@]2(C)[C@@]1(O)CC3. The standard InChI is InChI=1S/C19H23N2O/c1-3-13-12-21-10-8-15-14-6-4-5-7-16(14)20-17(15)18(21,2)19(13,22)9-11-21/h3-7,20,22H,8-12H2,1-2H3/q+1/b13-3-/t18-,19+,21?/m0/s1. The Kier molecular flexibility index (Phi) is 2.15. The second-order valence-electron chi connectivity index (χ2n) is 7.52. The third kappa shape index (κ3) is 1.10. The van der Waals surface area contributed by atoms with Crippen LogP contribution in [0.15, 0.2) is 35.9 Å². The Morgan fingerprint density at radius 1 is 1.27 bits per heavy atom. The van der Waals surface area contributed by atoms with E-state index in [9.17, 15) is 5.11 Å². The number of nitrogens with one attached hydrogen (secondary N) is 1. The maximum absolute atomic E-state index is 11.6. The predicted octanol–water partition coefficient (Wildman–Crippen LogP) is 2.85. The minimum atomic E-state index is -0.683. The average Bonchev–Trinajstić information content (AvgIpc) is 3.08. The Morgan fingerprint density at radius 2 is 2.09 bits per heavy atom. The van der Waals surface area contributed by atoms with Crippen LogP contribution < -0.4 is 0 Å². The molecule has 4 heterocycles. The van der Waals surface area contributed by atoms with E-state index in [4.69, 9.17) is 0 Å². The first-order chi connectivity index (χ1) is 10.6. The number of aliphatic hydroxyl groups is 1. The van der Waals surface area contributed by atoms with Crippen LogP contribution in [0.1, 0.15) is 31.5 Å². The van der Waals surface area contributed by atoms with Crippen LogP contribution in [0.25, 0.3) is 10.9 Å². The van der Waals surface area contributed by atoms with E-state index in [1.54, 1.807) is 0 Å². The summed E-state index contributed by atoms with van der Waals surface area (Å²) in [5.41, 5.74) is 4.28. The fourth-order valence-electron chi connectivity index (χ4n) is 5.79. The van der Waals surface area contributed by atoms with Gasteiger partial charge in [0.15, 0.2) is 11.1 Å². The number of nitrogens with zero attached hydrogens (tertiary/aromatic N) is 1. The van der Waals surface area contributed by atoms with E-state index in [2.05, 4.69) is 49.2 Å². The molecule has 1 aromatic carbocycles. The van der Waals surface area contributed by atoms with E-state index < -0.39 is 5.60 Å². The molecular weight excluding hydrogens is 272 g/mol. The van der Waals surface area contributed by atoms with Crippen LogP contribution in [0.2, 0.25) is 0 Å². The number of benzene rings is 1. The molecule has 22 heavy (non-hydrogen) atoms. The molecule has 0 aliphatic carbocycles. The number of quaternary nitrogens is 1. The van der Waals surface area contributed by atoms with Gasteiger partial charge in [0, 0.05) is 29.3 Å². The molecule has 2 fully saturated rings. The van der Waals surface area contributed by atoms with E-state index in [0.29, 0.717) is 0 Å². The molecule has 3 heteroatoms. The molecule has 3 nitrogen and oxygen atoms in total. The van der Waals surface area contributed by atoms with Crippen molar-refractivity contribution in [2.45, 2.75) is 37.8 Å². The van der Waals surface area contributed by atoms with Gasteiger partial charge in [-0.3, -0.25) is 0 Å². The molecule has 0 amide bonds. The number of para-hydroxylation sites is 1. The van der Waals surface area contributed by atoms with Crippen LogP contribution in [0.5, 0.6) is 0 Å². The molecule has 1 unspecified atom stereocenters. The van der Waals surface area contributed by atoms with Crippen molar-refractivity contribution in [3.8, 4) is 0 Å². The summed E-state index contributed by atoms with van der Waals surface area (Å²) in [6.07, 6.45) is 4.16. The normalized spacial score (nSPS) is 41.1. The number of fused-ring (bicyclic) bond motifs is 3. The first-order valence-corrected chi connectivity index (χ1v) is 8.40. The summed E-state index contributed by atoms with van der Waals surface area (Å²) in [7, 11) is 0. The van der Waals surface area contributed by atoms with Crippen molar-refractivity contribution in [3.05, 3.63) is 47.2 Å². The zero-order valence-electron chi connectivity index (χ0n) is 13.3. The second-order valence-corrected chi connectivity index (χ2v) is 7.52. The van der Waals surface area contributed by atoms with Crippen LogP contribution in [0, 0.1) is 0 Å². The van der Waals surface area contributed by atoms with Gasteiger partial charge in [-0.1, -0.05) is 24.3 Å². The van der Waals surface area contributed by atoms with Crippen molar-refractivity contribution >= 4 is 10.9 Å². The van der Waals surface area contributed by atoms with Crippen LogP contribution >= 0.6 is 0 Å². The van der Waals surface area contributed by atoms with Gasteiger partial charge in [-0.15, -0.1) is 0 Å². The molecule has 0 saturated carbocycles. The second kappa shape index (κ2) is 3.66. The van der Waals surface area contributed by atoms with Gasteiger partial charge in [0.05, 0.1) is 18.8 Å². The Bertz CT molecular complexity index is 835. The molecule has 2 aromatic rings. The van der Waals surface area contributed by atoms with Gasteiger partial charge in [-0.25, -0.2) is 0 Å². The van der Waals surface area contributed by atoms with Crippen LogP contribution in [0.4, 0.5) is 0 Å². The molecular formula is C19H23N2O+. The van der Waals surface area contributed by atoms with Gasteiger partial charge in [0.25, 0.3) is 0 Å². The van der Waals surface area contributed by atoms with Crippen molar-refractivity contribution in [3.63, 3.8) is 0 Å². The van der Waals surface area contributed by atoms with Crippen molar-refractivity contribution in [2.75, 3.05) is 19.6 Å². The highest BCUT2D eigenvalue weighted by Crippen LogP contribution is 2.62. The third-order valence-corrected chi connectivity index (χ3v) is 7.10. The van der Waals surface area contributed by atoms with Crippen molar-refractivity contribution in [1.82, 2.24) is 4.98 Å².